The Morgan fingerprint density at radius 3 is 2.43 bits per heavy atom. The van der Waals surface area contributed by atoms with Crippen LogP contribution in [0, 0.1) is 19.0 Å². The first-order chi connectivity index (χ1) is 21.1. The normalized spacial score (nSPS) is 14.9. The van der Waals surface area contributed by atoms with Gasteiger partial charge in [0.1, 0.15) is 5.58 Å². The fraction of sp³-hybridized carbons (Fsp3) is 0.243. The number of benzene rings is 3. The zero-order chi connectivity index (χ0) is 30.9. The summed E-state index contributed by atoms with van der Waals surface area (Å²) < 4.78 is 28.1. The Morgan fingerprint density at radius 2 is 1.71 bits per heavy atom. The van der Waals surface area contributed by atoms with Crippen molar-refractivity contribution in [3.63, 3.8) is 0 Å². The number of furan rings is 1. The maximum Gasteiger partial charge on any atom is 0.120 e. The predicted molar refractivity (Wildman–Crippen MR) is 173 cm³/mol. The van der Waals surface area contributed by atoms with Crippen molar-refractivity contribution in [1.29, 1.82) is 0 Å². The molecule has 0 unspecified atom stereocenters. The van der Waals surface area contributed by atoms with Gasteiger partial charge in [0.15, 0.2) is 0 Å². The number of hydrogen-bond acceptors (Lipinski definition) is 3. The van der Waals surface area contributed by atoms with E-state index in [1.54, 1.807) is 18.2 Å². The molecular formula is C37H36IrN2OSi-2. The molecule has 42 heavy (non-hydrogen) atoms. The first kappa shape index (κ1) is 26.3. The van der Waals surface area contributed by atoms with Crippen LogP contribution in [0.3, 0.4) is 0 Å². The van der Waals surface area contributed by atoms with E-state index in [0.29, 0.717) is 5.92 Å². The van der Waals surface area contributed by atoms with Gasteiger partial charge in [0.25, 0.3) is 0 Å². The number of nitrogens with zero attached hydrogens (tertiary/aromatic N) is 2. The van der Waals surface area contributed by atoms with E-state index in [1.807, 2.05) is 30.5 Å². The van der Waals surface area contributed by atoms with Crippen LogP contribution >= 0.6 is 0 Å². The average Bonchev–Trinajstić information content (AvgIpc) is 3.69. The quantitative estimate of drug-likeness (QED) is 0.133. The third kappa shape index (κ3) is 6.49. The summed E-state index contributed by atoms with van der Waals surface area (Å²) in [6.07, 6.45) is 8.60. The van der Waals surface area contributed by atoms with Gasteiger partial charge < -0.3 is 14.4 Å². The molecule has 1 radical (unpaired) electrons. The van der Waals surface area contributed by atoms with E-state index in [2.05, 4.69) is 78.1 Å². The first-order valence-corrected chi connectivity index (χ1v) is 17.9. The van der Waals surface area contributed by atoms with Crippen molar-refractivity contribution in [3.05, 3.63) is 115 Å². The van der Waals surface area contributed by atoms with Crippen LogP contribution in [-0.4, -0.2) is 18.0 Å². The zero-order valence-electron chi connectivity index (χ0n) is 27.2. The van der Waals surface area contributed by atoms with Gasteiger partial charge in [0, 0.05) is 42.0 Å². The van der Waals surface area contributed by atoms with E-state index in [1.165, 1.54) is 48.0 Å². The molecule has 1 aliphatic carbocycles. The summed E-state index contributed by atoms with van der Waals surface area (Å²) in [5.74, 6) is 0.677. The molecule has 0 bridgehead atoms. The summed E-state index contributed by atoms with van der Waals surface area (Å²) in [5.41, 5.74) is 7.08. The Kier molecular flexibility index (Phi) is 8.05. The molecule has 7 rings (SSSR count). The van der Waals surface area contributed by atoms with E-state index >= 15 is 0 Å². The topological polar surface area (TPSA) is 38.9 Å². The second-order valence-corrected chi connectivity index (χ2v) is 16.9. The van der Waals surface area contributed by atoms with Gasteiger partial charge in [-0.25, -0.2) is 0 Å². The van der Waals surface area contributed by atoms with Crippen LogP contribution < -0.4 is 5.19 Å². The van der Waals surface area contributed by atoms with E-state index < -0.39 is 14.9 Å². The molecule has 0 spiro atoms. The van der Waals surface area contributed by atoms with Gasteiger partial charge in [-0.2, -0.15) is 0 Å². The molecular weight excluding hydrogens is 709 g/mol. The number of fused-ring (bicyclic) bond motifs is 3. The molecule has 3 aromatic carbocycles. The smallest absolute Gasteiger partial charge is 0.120 e. The molecule has 3 heterocycles. The van der Waals surface area contributed by atoms with Gasteiger partial charge in [-0.1, -0.05) is 84.5 Å². The van der Waals surface area contributed by atoms with Crippen molar-refractivity contribution in [2.75, 3.05) is 0 Å². The maximum atomic E-state index is 7.23. The second-order valence-electron chi connectivity index (χ2n) is 11.8. The SMILES string of the molecule is C[Si](C)(C)c1ccc2c(c1)oc1c(-c3cc(C4CCCC4)ccn3)[c-]ccc12.[2H]C([2H])([2H])c1ccc(-c2[c-]cccc2)nc1.[Ir]. The first-order valence-electron chi connectivity index (χ1n) is 15.9. The van der Waals surface area contributed by atoms with Crippen LogP contribution in [0.15, 0.2) is 95.7 Å². The van der Waals surface area contributed by atoms with Gasteiger partial charge in [-0.15, -0.1) is 54.1 Å². The summed E-state index contributed by atoms with van der Waals surface area (Å²) >= 11 is 0. The van der Waals surface area contributed by atoms with E-state index in [9.17, 15) is 0 Å². The largest absolute Gasteiger partial charge is 0.501 e. The molecule has 6 aromatic rings. The number of aromatic nitrogens is 2. The Hall–Kier alpha value is -3.37. The van der Waals surface area contributed by atoms with Crippen LogP contribution in [-0.2, 0) is 20.1 Å². The Bertz CT molecular complexity index is 1890. The van der Waals surface area contributed by atoms with Crippen molar-refractivity contribution in [3.8, 4) is 22.5 Å². The van der Waals surface area contributed by atoms with Gasteiger partial charge in [-0.3, -0.25) is 0 Å². The van der Waals surface area contributed by atoms with E-state index in [-0.39, 0.29) is 25.7 Å². The second kappa shape index (κ2) is 12.9. The van der Waals surface area contributed by atoms with Crippen LogP contribution in [0.1, 0.15) is 46.8 Å². The number of hydrogen-bond donors (Lipinski definition) is 0. The fourth-order valence-electron chi connectivity index (χ4n) is 5.60. The number of aryl methyl sites for hydroxylation is 1. The molecule has 1 aliphatic rings. The summed E-state index contributed by atoms with van der Waals surface area (Å²) in [6, 6.07) is 32.5. The molecule has 215 valence electrons. The van der Waals surface area contributed by atoms with Gasteiger partial charge in [0.05, 0.1) is 13.7 Å². The third-order valence-electron chi connectivity index (χ3n) is 7.91. The molecule has 0 saturated heterocycles. The maximum absolute atomic E-state index is 7.23. The van der Waals surface area contributed by atoms with E-state index in [4.69, 9.17) is 8.53 Å². The summed E-state index contributed by atoms with van der Waals surface area (Å²) in [5, 5.41) is 3.75. The predicted octanol–water partition coefficient (Wildman–Crippen LogP) is 9.51. The van der Waals surface area contributed by atoms with Crippen molar-refractivity contribution in [2.24, 2.45) is 0 Å². The minimum absolute atomic E-state index is 0. The molecule has 0 N–H and O–H groups in total. The molecule has 5 heteroatoms. The van der Waals surface area contributed by atoms with Gasteiger partial charge >= 0.3 is 0 Å². The molecule has 0 atom stereocenters. The van der Waals surface area contributed by atoms with E-state index in [0.717, 1.165) is 39.1 Å². The third-order valence-corrected chi connectivity index (χ3v) is 9.96. The van der Waals surface area contributed by atoms with Crippen molar-refractivity contribution in [2.45, 2.75) is 58.1 Å². The van der Waals surface area contributed by atoms with Gasteiger partial charge in [-0.05, 0) is 54.7 Å². The van der Waals surface area contributed by atoms with Crippen molar-refractivity contribution in [1.82, 2.24) is 9.97 Å². The zero-order valence-corrected chi connectivity index (χ0v) is 27.6. The molecule has 1 fully saturated rings. The molecule has 0 amide bonds. The molecule has 1 saturated carbocycles. The Balaban J connectivity index is 0.000000202. The number of pyridine rings is 2. The molecule has 0 aliphatic heterocycles. The summed E-state index contributed by atoms with van der Waals surface area (Å²) in [4.78, 5) is 8.80. The van der Waals surface area contributed by atoms with Crippen molar-refractivity contribution < 1.29 is 28.6 Å². The molecule has 3 nitrogen and oxygen atoms in total. The van der Waals surface area contributed by atoms with Crippen molar-refractivity contribution >= 4 is 35.2 Å². The Morgan fingerprint density at radius 1 is 0.857 bits per heavy atom. The van der Waals surface area contributed by atoms with Crippen LogP contribution in [0.5, 0.6) is 0 Å². The summed E-state index contributed by atoms with van der Waals surface area (Å²) in [6.45, 7) is 5.02. The minimum atomic E-state index is -2.09. The van der Waals surface area contributed by atoms with Crippen LogP contribution in [0.25, 0.3) is 44.5 Å². The van der Waals surface area contributed by atoms with Crippen LogP contribution in [0.2, 0.25) is 19.6 Å². The molecule has 3 aromatic heterocycles. The number of rotatable bonds is 4. The standard InChI is InChI=1S/C25H26NOSi.C12H10N.Ir/c1-28(2,3)19-11-12-20-21-9-6-10-22(25(21)27-24(20)16-19)23-15-18(13-14-26-23)17-7-4-5-8-17;1-10-7-8-12(13-9-10)11-5-3-2-4-6-11;/h6,9,11-17H,4-5,7-8H2,1-3H3;2-5,7-9H,1H3;/q2*-1;/i;1D3;. The minimum Gasteiger partial charge on any atom is -0.501 e. The fourth-order valence-corrected chi connectivity index (χ4v) is 6.75. The van der Waals surface area contributed by atoms with Crippen LogP contribution in [0.4, 0.5) is 0 Å². The monoisotopic (exact) mass is 748 g/mol. The average molecular weight is 748 g/mol. The summed E-state index contributed by atoms with van der Waals surface area (Å²) in [7, 11) is -1.38. The van der Waals surface area contributed by atoms with Gasteiger partial charge in [0.2, 0.25) is 0 Å². The Labute approximate surface area is 268 Å².